The number of benzene rings is 2. The summed E-state index contributed by atoms with van der Waals surface area (Å²) in [6, 6.07) is 23.6. The smallest absolute Gasteiger partial charge is 0.228 e. The molecule has 0 saturated heterocycles. The lowest BCUT2D eigenvalue weighted by Crippen LogP contribution is -2.31. The van der Waals surface area contributed by atoms with Gasteiger partial charge in [-0.1, -0.05) is 55.5 Å². The van der Waals surface area contributed by atoms with Crippen molar-refractivity contribution >= 4 is 11.6 Å². The molecule has 24 heavy (non-hydrogen) atoms. The van der Waals surface area contributed by atoms with E-state index in [1.807, 2.05) is 60.7 Å². The average Bonchev–Trinajstić information content (AvgIpc) is 3.14. The normalized spacial score (nSPS) is 11.9. The SMILES string of the molecule is CC(CC(=O)N(Cc1ccco1)c1ccccc1)c1ccccc1. The first kappa shape index (κ1) is 16.1. The van der Waals surface area contributed by atoms with Crippen molar-refractivity contribution in [3.05, 3.63) is 90.4 Å². The summed E-state index contributed by atoms with van der Waals surface area (Å²) in [7, 11) is 0. The third kappa shape index (κ3) is 3.93. The molecule has 1 heterocycles. The number of carbonyl (C=O) groups is 1. The van der Waals surface area contributed by atoms with Gasteiger partial charge < -0.3 is 9.32 Å². The molecule has 1 unspecified atom stereocenters. The highest BCUT2D eigenvalue weighted by Gasteiger charge is 2.20. The summed E-state index contributed by atoms with van der Waals surface area (Å²) >= 11 is 0. The van der Waals surface area contributed by atoms with Crippen LogP contribution in [0.15, 0.2) is 83.5 Å². The van der Waals surface area contributed by atoms with Gasteiger partial charge in [-0.05, 0) is 35.7 Å². The van der Waals surface area contributed by atoms with E-state index >= 15 is 0 Å². The van der Waals surface area contributed by atoms with E-state index in [4.69, 9.17) is 4.42 Å². The molecule has 2 aromatic carbocycles. The van der Waals surface area contributed by atoms with Crippen LogP contribution in [0.3, 0.4) is 0 Å². The van der Waals surface area contributed by atoms with Gasteiger partial charge in [-0.25, -0.2) is 0 Å². The van der Waals surface area contributed by atoms with Crippen molar-refractivity contribution < 1.29 is 9.21 Å². The molecule has 122 valence electrons. The van der Waals surface area contributed by atoms with Crippen LogP contribution in [0.1, 0.15) is 30.6 Å². The summed E-state index contributed by atoms with van der Waals surface area (Å²) < 4.78 is 5.43. The molecule has 3 rings (SSSR count). The predicted molar refractivity (Wildman–Crippen MR) is 95.8 cm³/mol. The van der Waals surface area contributed by atoms with Crippen LogP contribution < -0.4 is 4.90 Å². The highest BCUT2D eigenvalue weighted by atomic mass is 16.3. The van der Waals surface area contributed by atoms with Crippen molar-refractivity contribution in [1.82, 2.24) is 0 Å². The van der Waals surface area contributed by atoms with Crippen LogP contribution in [0.2, 0.25) is 0 Å². The molecule has 1 atom stereocenters. The van der Waals surface area contributed by atoms with E-state index in [2.05, 4.69) is 19.1 Å². The molecule has 3 aromatic rings. The molecule has 0 spiro atoms. The molecule has 3 nitrogen and oxygen atoms in total. The Morgan fingerprint density at radius 1 is 0.958 bits per heavy atom. The van der Waals surface area contributed by atoms with Gasteiger partial charge in [0.05, 0.1) is 12.8 Å². The molecule has 1 aromatic heterocycles. The Labute approximate surface area is 142 Å². The Hall–Kier alpha value is -2.81. The first-order valence-electron chi connectivity index (χ1n) is 8.17. The molecule has 0 fully saturated rings. The average molecular weight is 319 g/mol. The fourth-order valence-corrected chi connectivity index (χ4v) is 2.76. The number of furan rings is 1. The Bertz CT molecular complexity index is 751. The van der Waals surface area contributed by atoms with Gasteiger partial charge in [0.15, 0.2) is 0 Å². The highest BCUT2D eigenvalue weighted by molar-refractivity contribution is 5.93. The van der Waals surface area contributed by atoms with Gasteiger partial charge >= 0.3 is 0 Å². The highest BCUT2D eigenvalue weighted by Crippen LogP contribution is 2.24. The van der Waals surface area contributed by atoms with Crippen molar-refractivity contribution in [1.29, 1.82) is 0 Å². The number of amides is 1. The number of para-hydroxylation sites is 1. The second-order valence-electron chi connectivity index (χ2n) is 5.91. The van der Waals surface area contributed by atoms with Gasteiger partial charge in [0.25, 0.3) is 0 Å². The maximum atomic E-state index is 12.9. The molecule has 0 aliphatic heterocycles. The second-order valence-corrected chi connectivity index (χ2v) is 5.91. The largest absolute Gasteiger partial charge is 0.467 e. The van der Waals surface area contributed by atoms with Gasteiger partial charge in [0.1, 0.15) is 5.76 Å². The predicted octanol–water partition coefficient (Wildman–Crippen LogP) is 5.01. The van der Waals surface area contributed by atoms with Crippen LogP contribution in [0.4, 0.5) is 5.69 Å². The van der Waals surface area contributed by atoms with E-state index < -0.39 is 0 Å². The van der Waals surface area contributed by atoms with E-state index in [1.54, 1.807) is 11.2 Å². The van der Waals surface area contributed by atoms with E-state index in [-0.39, 0.29) is 11.8 Å². The summed E-state index contributed by atoms with van der Waals surface area (Å²) in [5, 5.41) is 0. The van der Waals surface area contributed by atoms with Crippen LogP contribution in [0.25, 0.3) is 0 Å². The molecular formula is C21H21NO2. The monoisotopic (exact) mass is 319 g/mol. The maximum absolute atomic E-state index is 12.9. The summed E-state index contributed by atoms with van der Waals surface area (Å²) in [5.74, 6) is 1.04. The van der Waals surface area contributed by atoms with Gasteiger partial charge in [0.2, 0.25) is 5.91 Å². The maximum Gasteiger partial charge on any atom is 0.228 e. The quantitative estimate of drug-likeness (QED) is 0.640. The number of hydrogen-bond acceptors (Lipinski definition) is 2. The minimum absolute atomic E-state index is 0.0916. The van der Waals surface area contributed by atoms with Crippen LogP contribution in [0.5, 0.6) is 0 Å². The second kappa shape index (κ2) is 7.64. The Balaban J connectivity index is 1.78. The Morgan fingerprint density at radius 3 is 2.25 bits per heavy atom. The minimum Gasteiger partial charge on any atom is -0.467 e. The van der Waals surface area contributed by atoms with E-state index in [0.29, 0.717) is 13.0 Å². The molecule has 0 N–H and O–H groups in total. The molecule has 0 aliphatic carbocycles. The summed E-state index contributed by atoms with van der Waals surface area (Å²) in [6.07, 6.45) is 2.09. The number of rotatable bonds is 6. The first-order valence-corrected chi connectivity index (χ1v) is 8.17. The van der Waals surface area contributed by atoms with Crippen LogP contribution in [-0.4, -0.2) is 5.91 Å². The van der Waals surface area contributed by atoms with Gasteiger partial charge in [-0.2, -0.15) is 0 Å². The van der Waals surface area contributed by atoms with Crippen molar-refractivity contribution in [2.24, 2.45) is 0 Å². The van der Waals surface area contributed by atoms with E-state index in [1.165, 1.54) is 5.56 Å². The standard InChI is InChI=1S/C21H21NO2/c1-17(18-9-4-2-5-10-18)15-21(23)22(16-20-13-8-14-24-20)19-11-6-3-7-12-19/h2-14,17H,15-16H2,1H3. The number of carbonyl (C=O) groups excluding carboxylic acids is 1. The van der Waals surface area contributed by atoms with Crippen molar-refractivity contribution in [3.8, 4) is 0 Å². The zero-order valence-corrected chi connectivity index (χ0v) is 13.8. The molecule has 3 heteroatoms. The lowest BCUT2D eigenvalue weighted by molar-refractivity contribution is -0.119. The molecule has 0 aliphatic rings. The van der Waals surface area contributed by atoms with Gasteiger partial charge in [-0.15, -0.1) is 0 Å². The van der Waals surface area contributed by atoms with Crippen LogP contribution >= 0.6 is 0 Å². The molecular weight excluding hydrogens is 298 g/mol. The fraction of sp³-hybridized carbons (Fsp3) is 0.190. The third-order valence-corrected chi connectivity index (χ3v) is 4.11. The lowest BCUT2D eigenvalue weighted by atomic mass is 9.97. The number of anilines is 1. The summed E-state index contributed by atoms with van der Waals surface area (Å²) in [5.41, 5.74) is 2.07. The minimum atomic E-state index is 0.0916. The molecule has 1 amide bonds. The van der Waals surface area contributed by atoms with Crippen LogP contribution in [0, 0.1) is 0 Å². The Morgan fingerprint density at radius 2 is 1.62 bits per heavy atom. The Kier molecular flexibility index (Phi) is 5.12. The van der Waals surface area contributed by atoms with E-state index in [9.17, 15) is 4.79 Å². The van der Waals surface area contributed by atoms with Gasteiger partial charge in [-0.3, -0.25) is 4.79 Å². The number of hydrogen-bond donors (Lipinski definition) is 0. The van der Waals surface area contributed by atoms with Crippen molar-refractivity contribution in [2.75, 3.05) is 4.90 Å². The first-order chi connectivity index (χ1) is 11.7. The number of nitrogens with zero attached hydrogens (tertiary/aromatic N) is 1. The summed E-state index contributed by atoms with van der Waals surface area (Å²) in [6.45, 7) is 2.53. The zero-order chi connectivity index (χ0) is 16.8. The van der Waals surface area contributed by atoms with E-state index in [0.717, 1.165) is 11.4 Å². The zero-order valence-electron chi connectivity index (χ0n) is 13.8. The van der Waals surface area contributed by atoms with Crippen molar-refractivity contribution in [3.63, 3.8) is 0 Å². The molecule has 0 bridgehead atoms. The van der Waals surface area contributed by atoms with Crippen molar-refractivity contribution in [2.45, 2.75) is 25.8 Å². The topological polar surface area (TPSA) is 33.5 Å². The fourth-order valence-electron chi connectivity index (χ4n) is 2.76. The molecule has 0 saturated carbocycles. The molecule has 0 radical (unpaired) electrons. The van der Waals surface area contributed by atoms with Gasteiger partial charge in [0, 0.05) is 12.1 Å². The lowest BCUT2D eigenvalue weighted by Gasteiger charge is -2.23. The third-order valence-electron chi connectivity index (χ3n) is 4.11. The summed E-state index contributed by atoms with van der Waals surface area (Å²) in [4.78, 5) is 14.7. The van der Waals surface area contributed by atoms with Crippen LogP contribution in [-0.2, 0) is 11.3 Å².